The molecule has 0 aliphatic heterocycles. The van der Waals surface area contributed by atoms with Gasteiger partial charge < -0.3 is 11.2 Å². The van der Waals surface area contributed by atoms with E-state index in [2.05, 4.69) is 34.8 Å². The van der Waals surface area contributed by atoms with Gasteiger partial charge in [-0.25, -0.2) is 0 Å². The lowest BCUT2D eigenvalue weighted by atomic mass is 10.0. The van der Waals surface area contributed by atoms with Crippen LogP contribution in [0.2, 0.25) is 0 Å². The van der Waals surface area contributed by atoms with E-state index in [1.165, 1.54) is 5.56 Å². The van der Waals surface area contributed by atoms with Gasteiger partial charge >= 0.3 is 0 Å². The number of primary amides is 1. The maximum absolute atomic E-state index is 10.6. The lowest BCUT2D eigenvalue weighted by Crippen LogP contribution is -2.25. The second-order valence-corrected chi connectivity index (χ2v) is 4.44. The number of carbonyl (C=O) groups excluding carboxylic acids is 1. The summed E-state index contributed by atoms with van der Waals surface area (Å²) in [5.41, 5.74) is 11.8. The maximum atomic E-state index is 10.6. The van der Waals surface area contributed by atoms with E-state index in [0.717, 1.165) is 16.8 Å². The monoisotopic (exact) mass is 267 g/mol. The van der Waals surface area contributed by atoms with E-state index < -0.39 is 5.91 Å². The first-order chi connectivity index (χ1) is 9.66. The Labute approximate surface area is 118 Å². The number of nitrogens with two attached hydrogens (primary N) is 1. The summed E-state index contributed by atoms with van der Waals surface area (Å²) in [6, 6.07) is 18.3. The van der Waals surface area contributed by atoms with Crippen LogP contribution in [0.15, 0.2) is 59.7 Å². The second kappa shape index (κ2) is 6.52. The van der Waals surface area contributed by atoms with Crippen molar-refractivity contribution >= 4 is 11.6 Å². The SMILES string of the molecule is C/C(=N\NCC(N)=O)c1ccc(-c2ccccc2)cc1. The van der Waals surface area contributed by atoms with Gasteiger partial charge in [0.25, 0.3) is 0 Å². The fraction of sp³-hybridized carbons (Fsp3) is 0.125. The Balaban J connectivity index is 2.10. The summed E-state index contributed by atoms with van der Waals surface area (Å²) >= 11 is 0. The third-order valence-corrected chi connectivity index (χ3v) is 2.91. The van der Waals surface area contributed by atoms with Gasteiger partial charge in [0.1, 0.15) is 6.54 Å². The van der Waals surface area contributed by atoms with Crippen LogP contribution in [0.4, 0.5) is 0 Å². The molecule has 0 aliphatic rings. The van der Waals surface area contributed by atoms with Crippen molar-refractivity contribution in [2.75, 3.05) is 6.54 Å². The Kier molecular flexibility index (Phi) is 4.50. The van der Waals surface area contributed by atoms with Gasteiger partial charge in [-0.05, 0) is 23.6 Å². The number of nitrogens with one attached hydrogen (secondary N) is 1. The fourth-order valence-electron chi connectivity index (χ4n) is 1.84. The smallest absolute Gasteiger partial charge is 0.238 e. The molecule has 0 aliphatic carbocycles. The van der Waals surface area contributed by atoms with Crippen molar-refractivity contribution in [3.63, 3.8) is 0 Å². The topological polar surface area (TPSA) is 67.5 Å². The van der Waals surface area contributed by atoms with Gasteiger partial charge in [0, 0.05) is 0 Å². The average Bonchev–Trinajstić information content (AvgIpc) is 2.48. The Morgan fingerprint density at radius 3 is 2.25 bits per heavy atom. The quantitative estimate of drug-likeness (QED) is 0.644. The molecule has 0 saturated carbocycles. The molecule has 2 aromatic rings. The lowest BCUT2D eigenvalue weighted by molar-refractivity contribution is -0.117. The first kappa shape index (κ1) is 13.8. The minimum Gasteiger partial charge on any atom is -0.368 e. The van der Waals surface area contributed by atoms with Crippen LogP contribution >= 0.6 is 0 Å². The molecule has 102 valence electrons. The van der Waals surface area contributed by atoms with Crippen LogP contribution in [-0.4, -0.2) is 18.2 Å². The molecule has 4 nitrogen and oxygen atoms in total. The van der Waals surface area contributed by atoms with Gasteiger partial charge in [0.2, 0.25) is 5.91 Å². The third kappa shape index (κ3) is 3.68. The Hall–Kier alpha value is -2.62. The lowest BCUT2D eigenvalue weighted by Gasteiger charge is -2.05. The molecular weight excluding hydrogens is 250 g/mol. The van der Waals surface area contributed by atoms with Crippen molar-refractivity contribution in [2.24, 2.45) is 10.8 Å². The van der Waals surface area contributed by atoms with Gasteiger partial charge in [0.15, 0.2) is 0 Å². The van der Waals surface area contributed by atoms with Crippen molar-refractivity contribution in [1.82, 2.24) is 5.43 Å². The van der Waals surface area contributed by atoms with Crippen molar-refractivity contribution in [3.8, 4) is 11.1 Å². The van der Waals surface area contributed by atoms with Crippen molar-refractivity contribution in [2.45, 2.75) is 6.92 Å². The van der Waals surface area contributed by atoms with Crippen LogP contribution in [-0.2, 0) is 4.79 Å². The third-order valence-electron chi connectivity index (χ3n) is 2.91. The number of hydrogen-bond acceptors (Lipinski definition) is 3. The minimum atomic E-state index is -0.430. The molecule has 0 spiro atoms. The average molecular weight is 267 g/mol. The molecule has 4 heteroatoms. The Morgan fingerprint density at radius 2 is 1.65 bits per heavy atom. The zero-order chi connectivity index (χ0) is 14.4. The zero-order valence-electron chi connectivity index (χ0n) is 11.3. The molecular formula is C16H17N3O. The highest BCUT2D eigenvalue weighted by Gasteiger charge is 2.00. The summed E-state index contributed by atoms with van der Waals surface area (Å²) in [6.45, 7) is 1.92. The van der Waals surface area contributed by atoms with Gasteiger partial charge in [-0.15, -0.1) is 0 Å². The number of benzene rings is 2. The van der Waals surface area contributed by atoms with E-state index in [1.807, 2.05) is 37.3 Å². The molecule has 1 amide bonds. The van der Waals surface area contributed by atoms with Crippen LogP contribution in [0.5, 0.6) is 0 Å². The minimum absolute atomic E-state index is 0.0411. The summed E-state index contributed by atoms with van der Waals surface area (Å²) in [6.07, 6.45) is 0. The van der Waals surface area contributed by atoms with Crippen molar-refractivity contribution in [3.05, 3.63) is 60.2 Å². The molecule has 0 fully saturated rings. The van der Waals surface area contributed by atoms with Gasteiger partial charge in [0.05, 0.1) is 5.71 Å². The number of amides is 1. The van der Waals surface area contributed by atoms with Crippen molar-refractivity contribution < 1.29 is 4.79 Å². The van der Waals surface area contributed by atoms with Crippen LogP contribution in [0.3, 0.4) is 0 Å². The van der Waals surface area contributed by atoms with E-state index in [1.54, 1.807) is 0 Å². The summed E-state index contributed by atoms with van der Waals surface area (Å²) in [7, 11) is 0. The molecule has 0 saturated heterocycles. The zero-order valence-corrected chi connectivity index (χ0v) is 11.3. The molecule has 20 heavy (non-hydrogen) atoms. The summed E-state index contributed by atoms with van der Waals surface area (Å²) in [5.74, 6) is -0.430. The Bertz CT molecular complexity index is 603. The molecule has 0 heterocycles. The number of nitrogens with zero attached hydrogens (tertiary/aromatic N) is 1. The molecule has 0 atom stereocenters. The van der Waals surface area contributed by atoms with Gasteiger partial charge in [-0.2, -0.15) is 5.10 Å². The highest BCUT2D eigenvalue weighted by Crippen LogP contribution is 2.19. The number of carbonyl (C=O) groups is 1. The van der Waals surface area contributed by atoms with Gasteiger partial charge in [-0.1, -0.05) is 54.6 Å². The normalized spacial score (nSPS) is 11.2. The molecule has 0 bridgehead atoms. The first-order valence-corrected chi connectivity index (χ1v) is 6.38. The second-order valence-electron chi connectivity index (χ2n) is 4.44. The largest absolute Gasteiger partial charge is 0.368 e. The summed E-state index contributed by atoms with van der Waals surface area (Å²) in [4.78, 5) is 10.6. The van der Waals surface area contributed by atoms with E-state index >= 15 is 0 Å². The maximum Gasteiger partial charge on any atom is 0.238 e. The Morgan fingerprint density at radius 1 is 1.05 bits per heavy atom. The summed E-state index contributed by atoms with van der Waals surface area (Å²) in [5, 5.41) is 4.10. The molecule has 2 aromatic carbocycles. The molecule has 3 N–H and O–H groups in total. The molecule has 0 aromatic heterocycles. The van der Waals surface area contributed by atoms with Crippen molar-refractivity contribution in [1.29, 1.82) is 0 Å². The van der Waals surface area contributed by atoms with Gasteiger partial charge in [-0.3, -0.25) is 4.79 Å². The van der Waals surface area contributed by atoms with E-state index in [0.29, 0.717) is 0 Å². The first-order valence-electron chi connectivity index (χ1n) is 6.38. The van der Waals surface area contributed by atoms with E-state index in [4.69, 9.17) is 5.73 Å². The van der Waals surface area contributed by atoms with Crippen LogP contribution in [0, 0.1) is 0 Å². The van der Waals surface area contributed by atoms with Crippen LogP contribution in [0.1, 0.15) is 12.5 Å². The predicted octanol–water partition coefficient (Wildman–Crippen LogP) is 2.15. The number of hydrogen-bond donors (Lipinski definition) is 2. The summed E-state index contributed by atoms with van der Waals surface area (Å²) < 4.78 is 0. The fourth-order valence-corrected chi connectivity index (χ4v) is 1.84. The molecule has 0 radical (unpaired) electrons. The number of rotatable bonds is 5. The molecule has 2 rings (SSSR count). The standard InChI is InChI=1S/C16H17N3O/c1-12(19-18-11-16(17)20)13-7-9-15(10-8-13)14-5-3-2-4-6-14/h2-10,18H,11H2,1H3,(H2,17,20)/b19-12+. The highest BCUT2D eigenvalue weighted by atomic mass is 16.1. The van der Waals surface area contributed by atoms with E-state index in [9.17, 15) is 4.79 Å². The molecule has 0 unspecified atom stereocenters. The number of hydrazone groups is 1. The predicted molar refractivity (Wildman–Crippen MR) is 81.3 cm³/mol. The van der Waals surface area contributed by atoms with Crippen LogP contribution < -0.4 is 11.2 Å². The highest BCUT2D eigenvalue weighted by molar-refractivity contribution is 5.99. The van der Waals surface area contributed by atoms with Crippen LogP contribution in [0.25, 0.3) is 11.1 Å². The van der Waals surface area contributed by atoms with E-state index in [-0.39, 0.29) is 6.54 Å².